The van der Waals surface area contributed by atoms with E-state index in [0.717, 1.165) is 12.8 Å². The summed E-state index contributed by atoms with van der Waals surface area (Å²) < 4.78 is 0. The summed E-state index contributed by atoms with van der Waals surface area (Å²) in [6.45, 7) is 6.40. The van der Waals surface area contributed by atoms with E-state index in [2.05, 4.69) is 61.7 Å². The van der Waals surface area contributed by atoms with Crippen LogP contribution in [0.4, 0.5) is 5.69 Å². The number of hydrogen-bond acceptors (Lipinski definition) is 2. The second-order valence-electron chi connectivity index (χ2n) is 6.41. The van der Waals surface area contributed by atoms with Gasteiger partial charge in [-0.15, -0.1) is 0 Å². The highest BCUT2D eigenvalue weighted by Gasteiger charge is 2.16. The van der Waals surface area contributed by atoms with Crippen molar-refractivity contribution >= 4 is 17.8 Å². The van der Waals surface area contributed by atoms with Crippen LogP contribution in [-0.4, -0.2) is 7.05 Å². The van der Waals surface area contributed by atoms with Crippen LogP contribution in [0.1, 0.15) is 43.9 Å². The van der Waals surface area contributed by atoms with Crippen molar-refractivity contribution in [2.24, 2.45) is 11.3 Å². The number of fused-ring (bicyclic) bond motifs is 1. The zero-order valence-electron chi connectivity index (χ0n) is 13.4. The first-order chi connectivity index (χ1) is 9.96. The Labute approximate surface area is 128 Å². The first kappa shape index (κ1) is 15.4. The van der Waals surface area contributed by atoms with Crippen LogP contribution in [0, 0.1) is 22.7 Å². The van der Waals surface area contributed by atoms with Crippen LogP contribution >= 0.6 is 0 Å². The standard InChI is InChI=1S/C19H24N2/c1-14(13-20)5-6-16-8-7-15-9-11-19(2,3)12-10-17(15)18(16)21-4/h7-12,14,21H,5-6H2,1-4H3. The summed E-state index contributed by atoms with van der Waals surface area (Å²) in [7, 11) is 1.97. The minimum absolute atomic E-state index is 0.0829. The van der Waals surface area contributed by atoms with Crippen molar-refractivity contribution in [3.63, 3.8) is 0 Å². The van der Waals surface area contributed by atoms with E-state index >= 15 is 0 Å². The molecule has 0 aromatic heterocycles. The van der Waals surface area contributed by atoms with Crippen molar-refractivity contribution in [3.8, 4) is 6.07 Å². The molecular formula is C19H24N2. The van der Waals surface area contributed by atoms with Crippen LogP contribution < -0.4 is 5.32 Å². The lowest BCUT2D eigenvalue weighted by Gasteiger charge is -2.15. The number of anilines is 1. The fourth-order valence-electron chi connectivity index (χ4n) is 2.60. The average Bonchev–Trinajstić information content (AvgIpc) is 2.63. The number of nitrogens with zero attached hydrogens (tertiary/aromatic N) is 1. The van der Waals surface area contributed by atoms with Crippen LogP contribution in [0.5, 0.6) is 0 Å². The van der Waals surface area contributed by atoms with E-state index in [9.17, 15) is 0 Å². The van der Waals surface area contributed by atoms with E-state index in [0.29, 0.717) is 0 Å². The molecule has 1 N–H and O–H groups in total. The van der Waals surface area contributed by atoms with Crippen molar-refractivity contribution in [2.45, 2.75) is 33.6 Å². The first-order valence-electron chi connectivity index (χ1n) is 7.58. The maximum absolute atomic E-state index is 8.94. The largest absolute Gasteiger partial charge is 0.387 e. The molecule has 0 spiro atoms. The zero-order valence-corrected chi connectivity index (χ0v) is 13.4. The molecule has 110 valence electrons. The van der Waals surface area contributed by atoms with Crippen molar-refractivity contribution in [1.29, 1.82) is 5.26 Å². The molecule has 0 radical (unpaired) electrons. The molecule has 0 amide bonds. The zero-order chi connectivity index (χ0) is 15.5. The molecule has 0 saturated heterocycles. The van der Waals surface area contributed by atoms with E-state index in [1.54, 1.807) is 0 Å². The molecule has 1 atom stereocenters. The van der Waals surface area contributed by atoms with Gasteiger partial charge in [-0.1, -0.05) is 50.3 Å². The molecule has 1 aliphatic carbocycles. The lowest BCUT2D eigenvalue weighted by molar-refractivity contribution is 0.633. The smallest absolute Gasteiger partial charge is 0.0652 e. The fourth-order valence-corrected chi connectivity index (χ4v) is 2.60. The van der Waals surface area contributed by atoms with Crippen LogP contribution in [0.25, 0.3) is 12.2 Å². The highest BCUT2D eigenvalue weighted by atomic mass is 14.8. The molecule has 0 aliphatic heterocycles. The van der Waals surface area contributed by atoms with Gasteiger partial charge in [0.25, 0.3) is 0 Å². The molecule has 1 aromatic rings. The Bertz CT molecular complexity index is 615. The molecule has 2 nitrogen and oxygen atoms in total. The van der Waals surface area contributed by atoms with Crippen LogP contribution in [-0.2, 0) is 6.42 Å². The Morgan fingerprint density at radius 2 is 1.95 bits per heavy atom. The molecular weight excluding hydrogens is 256 g/mol. The van der Waals surface area contributed by atoms with Crippen LogP contribution in [0.3, 0.4) is 0 Å². The fraction of sp³-hybridized carbons (Fsp3) is 0.421. The molecule has 1 unspecified atom stereocenters. The van der Waals surface area contributed by atoms with Gasteiger partial charge in [0.2, 0.25) is 0 Å². The summed E-state index contributed by atoms with van der Waals surface area (Å²) in [6.07, 6.45) is 10.7. The SMILES string of the molecule is CNc1c(CCC(C)C#N)ccc2c1C=CC(C)(C)C=C2. The molecule has 2 rings (SSSR count). The van der Waals surface area contributed by atoms with Crippen LogP contribution in [0.15, 0.2) is 24.3 Å². The quantitative estimate of drug-likeness (QED) is 0.852. The predicted octanol–water partition coefficient (Wildman–Crippen LogP) is 4.89. The highest BCUT2D eigenvalue weighted by Crippen LogP contribution is 2.34. The van der Waals surface area contributed by atoms with Gasteiger partial charge in [0.05, 0.1) is 6.07 Å². The number of hydrogen-bond donors (Lipinski definition) is 1. The normalized spacial score (nSPS) is 16.7. The van der Waals surface area contributed by atoms with Crippen molar-refractivity contribution in [2.75, 3.05) is 12.4 Å². The van der Waals surface area contributed by atoms with Gasteiger partial charge in [0, 0.05) is 29.6 Å². The Hall–Kier alpha value is -2.01. The Balaban J connectivity index is 2.39. The van der Waals surface area contributed by atoms with Gasteiger partial charge in [-0.2, -0.15) is 5.26 Å². The van der Waals surface area contributed by atoms with Gasteiger partial charge in [-0.3, -0.25) is 0 Å². The summed E-state index contributed by atoms with van der Waals surface area (Å²) in [5.74, 6) is 0.0999. The number of nitrogens with one attached hydrogen (secondary N) is 1. The van der Waals surface area contributed by atoms with Gasteiger partial charge < -0.3 is 5.32 Å². The second-order valence-corrected chi connectivity index (χ2v) is 6.41. The van der Waals surface area contributed by atoms with Gasteiger partial charge in [-0.25, -0.2) is 0 Å². The summed E-state index contributed by atoms with van der Waals surface area (Å²) in [4.78, 5) is 0. The van der Waals surface area contributed by atoms with E-state index < -0.39 is 0 Å². The molecule has 1 aliphatic rings. The molecule has 0 bridgehead atoms. The third kappa shape index (κ3) is 3.55. The number of allylic oxidation sites excluding steroid dienone is 2. The van der Waals surface area contributed by atoms with Crippen LogP contribution in [0.2, 0.25) is 0 Å². The number of nitriles is 1. The molecule has 1 aromatic carbocycles. The van der Waals surface area contributed by atoms with Gasteiger partial charge in [0.15, 0.2) is 0 Å². The molecule has 2 heteroatoms. The third-order valence-electron chi connectivity index (χ3n) is 4.05. The maximum atomic E-state index is 8.94. The minimum Gasteiger partial charge on any atom is -0.387 e. The Morgan fingerprint density at radius 1 is 1.24 bits per heavy atom. The van der Waals surface area contributed by atoms with Gasteiger partial charge in [0.1, 0.15) is 0 Å². The maximum Gasteiger partial charge on any atom is 0.0652 e. The number of rotatable bonds is 4. The second kappa shape index (κ2) is 6.18. The van der Waals surface area contributed by atoms with Gasteiger partial charge >= 0.3 is 0 Å². The molecule has 21 heavy (non-hydrogen) atoms. The summed E-state index contributed by atoms with van der Waals surface area (Å²) in [6, 6.07) is 6.68. The average molecular weight is 280 g/mol. The predicted molar refractivity (Wildman–Crippen MR) is 90.9 cm³/mol. The monoisotopic (exact) mass is 280 g/mol. The van der Waals surface area contributed by atoms with Crippen molar-refractivity contribution in [3.05, 3.63) is 41.0 Å². The van der Waals surface area contributed by atoms with E-state index in [1.807, 2.05) is 14.0 Å². The van der Waals surface area contributed by atoms with Crippen molar-refractivity contribution < 1.29 is 0 Å². The van der Waals surface area contributed by atoms with E-state index in [1.165, 1.54) is 22.4 Å². The minimum atomic E-state index is 0.0829. The number of aryl methyl sites for hydroxylation is 1. The van der Waals surface area contributed by atoms with Crippen molar-refractivity contribution in [1.82, 2.24) is 0 Å². The topological polar surface area (TPSA) is 35.8 Å². The lowest BCUT2D eigenvalue weighted by atomic mass is 9.93. The Kier molecular flexibility index (Phi) is 4.53. The van der Waals surface area contributed by atoms with E-state index in [4.69, 9.17) is 5.26 Å². The molecule has 0 fully saturated rings. The lowest BCUT2D eigenvalue weighted by Crippen LogP contribution is -2.02. The molecule has 0 saturated carbocycles. The van der Waals surface area contributed by atoms with E-state index in [-0.39, 0.29) is 11.3 Å². The Morgan fingerprint density at radius 3 is 2.62 bits per heavy atom. The summed E-state index contributed by atoms with van der Waals surface area (Å²) >= 11 is 0. The third-order valence-corrected chi connectivity index (χ3v) is 4.05. The number of benzene rings is 1. The summed E-state index contributed by atoms with van der Waals surface area (Å²) in [5, 5.41) is 12.3. The van der Waals surface area contributed by atoms with Gasteiger partial charge in [-0.05, 0) is 30.9 Å². The first-order valence-corrected chi connectivity index (χ1v) is 7.58. The summed E-state index contributed by atoms with van der Waals surface area (Å²) in [5.41, 5.74) is 5.06. The highest BCUT2D eigenvalue weighted by molar-refractivity contribution is 5.80. The molecule has 0 heterocycles.